The van der Waals surface area contributed by atoms with Gasteiger partial charge in [-0.1, -0.05) is 20.8 Å². The van der Waals surface area contributed by atoms with E-state index in [0.717, 1.165) is 5.82 Å². The van der Waals surface area contributed by atoms with Gasteiger partial charge in [0.25, 0.3) is 0 Å². The van der Waals surface area contributed by atoms with E-state index in [4.69, 9.17) is 9.84 Å². The summed E-state index contributed by atoms with van der Waals surface area (Å²) >= 11 is 1.22. The van der Waals surface area contributed by atoms with Gasteiger partial charge in [0.2, 0.25) is 5.13 Å². The minimum atomic E-state index is -0.890. The molecule has 0 aliphatic rings. The van der Waals surface area contributed by atoms with Gasteiger partial charge in [-0.25, -0.2) is 4.98 Å². The molecule has 0 spiro atoms. The normalized spacial score (nSPS) is 11.6. The second-order valence-electron chi connectivity index (χ2n) is 4.96. The monoisotopic (exact) mass is 273 g/mol. The molecule has 0 aliphatic carbocycles. The second-order valence-corrected chi connectivity index (χ2v) is 5.69. The van der Waals surface area contributed by atoms with E-state index in [1.54, 1.807) is 12.0 Å². The Kier molecular flexibility index (Phi) is 5.03. The molecule has 18 heavy (non-hydrogen) atoms. The summed E-state index contributed by atoms with van der Waals surface area (Å²) in [7, 11) is 1.58. The number of anilines is 1. The highest BCUT2D eigenvalue weighted by molar-refractivity contribution is 7.09. The number of ether oxygens (including phenoxy) is 1. The van der Waals surface area contributed by atoms with Crippen LogP contribution in [-0.2, 0) is 14.9 Å². The lowest BCUT2D eigenvalue weighted by atomic mass is 9.96. The zero-order chi connectivity index (χ0) is 13.8. The third-order valence-electron chi connectivity index (χ3n) is 2.25. The average molecular weight is 273 g/mol. The Morgan fingerprint density at radius 3 is 2.61 bits per heavy atom. The summed E-state index contributed by atoms with van der Waals surface area (Å²) in [6.07, 6.45) is 0. The van der Waals surface area contributed by atoms with Crippen molar-refractivity contribution in [3.63, 3.8) is 0 Å². The highest BCUT2D eigenvalue weighted by atomic mass is 32.1. The van der Waals surface area contributed by atoms with E-state index in [-0.39, 0.29) is 12.0 Å². The maximum atomic E-state index is 10.8. The fourth-order valence-corrected chi connectivity index (χ4v) is 2.14. The Balaban J connectivity index is 2.84. The predicted octanol–water partition coefficient (Wildman–Crippen LogP) is 1.37. The van der Waals surface area contributed by atoms with Crippen molar-refractivity contribution in [2.75, 3.05) is 31.7 Å². The van der Waals surface area contributed by atoms with Crippen LogP contribution in [0.1, 0.15) is 26.6 Å². The summed E-state index contributed by atoms with van der Waals surface area (Å²) in [5, 5.41) is 9.51. The van der Waals surface area contributed by atoms with Crippen molar-refractivity contribution < 1.29 is 14.6 Å². The summed E-state index contributed by atoms with van der Waals surface area (Å²) in [6.45, 7) is 6.92. The van der Waals surface area contributed by atoms with E-state index in [1.165, 1.54) is 11.5 Å². The van der Waals surface area contributed by atoms with E-state index >= 15 is 0 Å². The number of rotatable bonds is 6. The van der Waals surface area contributed by atoms with Gasteiger partial charge < -0.3 is 14.7 Å². The molecule has 0 atom stereocenters. The van der Waals surface area contributed by atoms with Gasteiger partial charge in [-0.3, -0.25) is 4.79 Å². The van der Waals surface area contributed by atoms with Gasteiger partial charge in [0, 0.05) is 30.6 Å². The maximum absolute atomic E-state index is 10.8. The van der Waals surface area contributed by atoms with Crippen LogP contribution in [0.2, 0.25) is 0 Å². The largest absolute Gasteiger partial charge is 0.480 e. The van der Waals surface area contributed by atoms with Crippen LogP contribution >= 0.6 is 11.5 Å². The van der Waals surface area contributed by atoms with Gasteiger partial charge in [0.1, 0.15) is 12.4 Å². The van der Waals surface area contributed by atoms with Crippen molar-refractivity contribution in [1.29, 1.82) is 0 Å². The first-order chi connectivity index (χ1) is 8.34. The molecule has 0 radical (unpaired) electrons. The number of hydrogen-bond acceptors (Lipinski definition) is 6. The SMILES string of the molecule is COCCN(CC(=O)O)c1nc(C(C)(C)C)ns1. The molecule has 0 saturated heterocycles. The number of hydrogen-bond donors (Lipinski definition) is 1. The Bertz CT molecular complexity index is 400. The van der Waals surface area contributed by atoms with E-state index in [2.05, 4.69) is 9.36 Å². The molecule has 1 aromatic rings. The van der Waals surface area contributed by atoms with Crippen LogP contribution in [-0.4, -0.2) is 47.2 Å². The minimum absolute atomic E-state index is 0.0951. The molecule has 0 aromatic carbocycles. The van der Waals surface area contributed by atoms with E-state index in [0.29, 0.717) is 18.3 Å². The van der Waals surface area contributed by atoms with Crippen molar-refractivity contribution in [3.05, 3.63) is 5.82 Å². The smallest absolute Gasteiger partial charge is 0.323 e. The average Bonchev–Trinajstić information content (AvgIpc) is 2.72. The van der Waals surface area contributed by atoms with Gasteiger partial charge >= 0.3 is 5.97 Å². The first-order valence-electron chi connectivity index (χ1n) is 5.64. The summed E-state index contributed by atoms with van der Waals surface area (Å²) in [4.78, 5) is 16.9. The minimum Gasteiger partial charge on any atom is -0.480 e. The third kappa shape index (κ3) is 4.23. The first-order valence-corrected chi connectivity index (χ1v) is 6.42. The van der Waals surface area contributed by atoms with Gasteiger partial charge in [-0.15, -0.1) is 0 Å². The predicted molar refractivity (Wildman–Crippen MR) is 70.3 cm³/mol. The van der Waals surface area contributed by atoms with Gasteiger partial charge in [0.15, 0.2) is 0 Å². The molecule has 0 aliphatic heterocycles. The van der Waals surface area contributed by atoms with Crippen molar-refractivity contribution in [1.82, 2.24) is 9.36 Å². The zero-order valence-corrected chi connectivity index (χ0v) is 12.0. The number of carbonyl (C=O) groups is 1. The van der Waals surface area contributed by atoms with Gasteiger partial charge in [-0.2, -0.15) is 4.37 Å². The fraction of sp³-hybridized carbons (Fsp3) is 0.727. The van der Waals surface area contributed by atoms with Crippen molar-refractivity contribution >= 4 is 22.6 Å². The Hall–Kier alpha value is -1.21. The topological polar surface area (TPSA) is 75.5 Å². The number of aliphatic carboxylic acids is 1. The highest BCUT2D eigenvalue weighted by Gasteiger charge is 2.22. The molecule has 0 amide bonds. The van der Waals surface area contributed by atoms with Crippen LogP contribution in [0.4, 0.5) is 5.13 Å². The molecular formula is C11H19N3O3S. The lowest BCUT2D eigenvalue weighted by molar-refractivity contribution is -0.135. The van der Waals surface area contributed by atoms with E-state index in [9.17, 15) is 4.79 Å². The van der Waals surface area contributed by atoms with Crippen LogP contribution in [0.3, 0.4) is 0 Å². The van der Waals surface area contributed by atoms with Crippen molar-refractivity contribution in [2.24, 2.45) is 0 Å². The number of methoxy groups -OCH3 is 1. The van der Waals surface area contributed by atoms with Crippen LogP contribution in [0.15, 0.2) is 0 Å². The lowest BCUT2D eigenvalue weighted by Gasteiger charge is -2.18. The number of aromatic nitrogens is 2. The maximum Gasteiger partial charge on any atom is 0.323 e. The van der Waals surface area contributed by atoms with Gasteiger partial charge in [0.05, 0.1) is 6.61 Å². The quantitative estimate of drug-likeness (QED) is 0.843. The second kappa shape index (κ2) is 6.10. The standard InChI is InChI=1S/C11H19N3O3S/c1-11(2,3)9-12-10(18-13-9)14(5-6-17-4)7-8(15)16/h5-7H2,1-4H3,(H,15,16). The Morgan fingerprint density at radius 2 is 2.17 bits per heavy atom. The lowest BCUT2D eigenvalue weighted by Crippen LogP contribution is -2.32. The number of carboxylic acids is 1. The molecule has 1 heterocycles. The number of nitrogens with zero attached hydrogens (tertiary/aromatic N) is 3. The Labute approximate surface area is 111 Å². The van der Waals surface area contributed by atoms with Gasteiger partial charge in [-0.05, 0) is 0 Å². The number of carboxylic acid groups (broad SMARTS) is 1. The van der Waals surface area contributed by atoms with Crippen molar-refractivity contribution in [3.8, 4) is 0 Å². The summed E-state index contributed by atoms with van der Waals surface area (Å²) in [5.74, 6) is -0.158. The molecule has 102 valence electrons. The molecule has 0 unspecified atom stereocenters. The van der Waals surface area contributed by atoms with Crippen LogP contribution in [0, 0.1) is 0 Å². The van der Waals surface area contributed by atoms with Crippen LogP contribution in [0.25, 0.3) is 0 Å². The zero-order valence-electron chi connectivity index (χ0n) is 11.1. The Morgan fingerprint density at radius 1 is 1.50 bits per heavy atom. The summed E-state index contributed by atoms with van der Waals surface area (Å²) < 4.78 is 9.25. The summed E-state index contributed by atoms with van der Waals surface area (Å²) in [6, 6.07) is 0. The molecule has 0 fully saturated rings. The molecule has 7 heteroatoms. The molecule has 0 saturated carbocycles. The molecule has 6 nitrogen and oxygen atoms in total. The molecule has 1 N–H and O–H groups in total. The van der Waals surface area contributed by atoms with Crippen LogP contribution < -0.4 is 4.90 Å². The summed E-state index contributed by atoms with van der Waals surface area (Å²) in [5.41, 5.74) is -0.134. The first kappa shape index (κ1) is 14.8. The van der Waals surface area contributed by atoms with E-state index < -0.39 is 5.97 Å². The molecule has 0 bridgehead atoms. The molecular weight excluding hydrogens is 254 g/mol. The highest BCUT2D eigenvalue weighted by Crippen LogP contribution is 2.25. The van der Waals surface area contributed by atoms with E-state index in [1.807, 2.05) is 20.8 Å². The fourth-order valence-electron chi connectivity index (χ4n) is 1.26. The molecule has 1 aromatic heterocycles. The van der Waals surface area contributed by atoms with Crippen molar-refractivity contribution in [2.45, 2.75) is 26.2 Å². The molecule has 1 rings (SSSR count). The van der Waals surface area contributed by atoms with Crippen LogP contribution in [0.5, 0.6) is 0 Å². The third-order valence-corrected chi connectivity index (χ3v) is 3.03.